The van der Waals surface area contributed by atoms with E-state index in [0.717, 1.165) is 16.7 Å². The van der Waals surface area contributed by atoms with E-state index in [4.69, 9.17) is 17.3 Å². The highest BCUT2D eigenvalue weighted by Gasteiger charge is 2.36. The quantitative estimate of drug-likeness (QED) is 0.275. The van der Waals surface area contributed by atoms with Gasteiger partial charge in [-0.2, -0.15) is 0 Å². The molecule has 0 radical (unpaired) electrons. The van der Waals surface area contributed by atoms with Crippen molar-refractivity contribution in [2.45, 2.75) is 51.2 Å². The molecule has 0 saturated carbocycles. The largest absolute Gasteiger partial charge is 0.342 e. The van der Waals surface area contributed by atoms with Gasteiger partial charge in [0.05, 0.1) is 5.02 Å². The molecule has 2 atom stereocenters. The first-order valence-electron chi connectivity index (χ1n) is 13.4. The van der Waals surface area contributed by atoms with E-state index >= 15 is 0 Å². The number of amides is 3. The smallest absolute Gasteiger partial charge is 0.247 e. The van der Waals surface area contributed by atoms with Crippen LogP contribution in [0.2, 0.25) is 5.02 Å². The molecule has 1 aliphatic heterocycles. The van der Waals surface area contributed by atoms with Gasteiger partial charge in [-0.15, -0.1) is 0 Å². The molecule has 1 heterocycles. The summed E-state index contributed by atoms with van der Waals surface area (Å²) in [5, 5.41) is 6.20. The van der Waals surface area contributed by atoms with Crippen LogP contribution in [0.25, 0.3) is 0 Å². The summed E-state index contributed by atoms with van der Waals surface area (Å²) in [7, 11) is 0. The van der Waals surface area contributed by atoms with Crippen molar-refractivity contribution in [3.8, 4) is 0 Å². The van der Waals surface area contributed by atoms with Crippen molar-refractivity contribution in [3.05, 3.63) is 98.5 Å². The van der Waals surface area contributed by atoms with Gasteiger partial charge < -0.3 is 21.3 Å². The maximum atomic E-state index is 13.7. The third-order valence-electron chi connectivity index (χ3n) is 7.10. The minimum atomic E-state index is -0.920. The fraction of sp³-hybridized carbons (Fsp3) is 0.290. The topological polar surface area (TPSA) is 122 Å². The van der Waals surface area contributed by atoms with Gasteiger partial charge in [-0.25, -0.2) is 0 Å². The van der Waals surface area contributed by atoms with Gasteiger partial charge in [-0.1, -0.05) is 66.2 Å². The molecule has 3 aromatic rings. The number of anilines is 1. The molecule has 3 amide bonds. The van der Waals surface area contributed by atoms with E-state index in [9.17, 15) is 19.2 Å². The molecule has 0 unspecified atom stereocenters. The van der Waals surface area contributed by atoms with Crippen LogP contribution in [-0.4, -0.2) is 47.0 Å². The number of nitrogens with zero attached hydrogens (tertiary/aromatic N) is 1. The number of rotatable bonds is 10. The molecule has 3 aromatic carbocycles. The number of fused-ring (bicyclic) bond motifs is 1. The van der Waals surface area contributed by atoms with Gasteiger partial charge in [-0.05, 0) is 64.6 Å². The number of carbonyl (C=O) groups excluding carboxylic acids is 4. The maximum absolute atomic E-state index is 13.7. The number of hydrogen-bond donors (Lipinski definition) is 3. The number of carbonyl (C=O) groups is 4. The van der Waals surface area contributed by atoms with Crippen LogP contribution < -0.4 is 16.4 Å². The summed E-state index contributed by atoms with van der Waals surface area (Å²) >= 11 is 9.60. The summed E-state index contributed by atoms with van der Waals surface area (Å²) in [4.78, 5) is 54.4. The number of ketones is 1. The van der Waals surface area contributed by atoms with E-state index in [0.29, 0.717) is 27.2 Å². The van der Waals surface area contributed by atoms with Crippen LogP contribution in [-0.2, 0) is 27.3 Å². The number of nitrogens with one attached hydrogen (secondary N) is 2. The predicted molar refractivity (Wildman–Crippen MR) is 163 cm³/mol. The number of halogens is 2. The third-order valence-corrected chi connectivity index (χ3v) is 8.45. The van der Waals surface area contributed by atoms with Crippen LogP contribution in [0, 0.1) is 6.92 Å². The molecule has 0 spiro atoms. The summed E-state index contributed by atoms with van der Waals surface area (Å²) in [6.45, 7) is 2.22. The van der Waals surface area contributed by atoms with Gasteiger partial charge in [0.15, 0.2) is 5.78 Å². The Balaban J connectivity index is 1.49. The summed E-state index contributed by atoms with van der Waals surface area (Å²) in [6, 6.07) is 18.1. The van der Waals surface area contributed by atoms with E-state index in [2.05, 4.69) is 26.6 Å². The molecule has 1 aliphatic rings. The highest BCUT2D eigenvalue weighted by molar-refractivity contribution is 9.10. The SMILES string of the molecule is Cc1cc(NC(=O)[C@H](CCN)NC(=O)[C@@H]2Cc3ccccc3CN2C(=O)CCC(=O)c2ccccc2)cc(Br)c1Cl. The van der Waals surface area contributed by atoms with E-state index in [-0.39, 0.29) is 44.0 Å². The minimum absolute atomic E-state index is 0.0306. The van der Waals surface area contributed by atoms with Crippen LogP contribution in [0.1, 0.15) is 46.3 Å². The molecular weight excluding hydrogens is 608 g/mol. The number of hydrogen-bond acceptors (Lipinski definition) is 5. The van der Waals surface area contributed by atoms with Gasteiger partial charge in [0, 0.05) is 41.5 Å². The summed E-state index contributed by atoms with van der Waals surface area (Å²) in [5.41, 5.74) is 9.52. The Bertz CT molecular complexity index is 1430. The van der Waals surface area contributed by atoms with Gasteiger partial charge in [0.25, 0.3) is 0 Å². The molecule has 8 nitrogen and oxygen atoms in total. The number of aryl methyl sites for hydroxylation is 1. The zero-order chi connectivity index (χ0) is 29.5. The van der Waals surface area contributed by atoms with Crippen LogP contribution >= 0.6 is 27.5 Å². The molecule has 0 saturated heterocycles. The lowest BCUT2D eigenvalue weighted by Crippen LogP contribution is -2.56. The fourth-order valence-corrected chi connectivity index (χ4v) is 5.55. The van der Waals surface area contributed by atoms with Crippen molar-refractivity contribution in [2.24, 2.45) is 5.73 Å². The lowest BCUT2D eigenvalue weighted by Gasteiger charge is -2.36. The Hall–Kier alpha value is -3.53. The zero-order valence-electron chi connectivity index (χ0n) is 22.7. The molecule has 4 N–H and O–H groups in total. The highest BCUT2D eigenvalue weighted by atomic mass is 79.9. The van der Waals surface area contributed by atoms with Gasteiger partial charge in [0.1, 0.15) is 12.1 Å². The second-order valence-electron chi connectivity index (χ2n) is 10.0. The zero-order valence-corrected chi connectivity index (χ0v) is 25.0. The van der Waals surface area contributed by atoms with Gasteiger partial charge in [0.2, 0.25) is 17.7 Å². The van der Waals surface area contributed by atoms with Crippen LogP contribution in [0.15, 0.2) is 71.2 Å². The molecular formula is C31H32BrClN4O4. The number of Topliss-reactive ketones (excluding diaryl/α,β-unsaturated/α-hetero) is 1. The van der Waals surface area contributed by atoms with E-state index < -0.39 is 23.9 Å². The molecule has 0 aliphatic carbocycles. The van der Waals surface area contributed by atoms with Crippen molar-refractivity contribution in [2.75, 3.05) is 11.9 Å². The van der Waals surface area contributed by atoms with Crippen molar-refractivity contribution in [3.63, 3.8) is 0 Å². The van der Waals surface area contributed by atoms with Crippen molar-refractivity contribution < 1.29 is 19.2 Å². The maximum Gasteiger partial charge on any atom is 0.247 e. The summed E-state index contributed by atoms with van der Waals surface area (Å²) in [5.74, 6) is -1.32. The normalized spacial score (nSPS) is 15.0. The molecule has 214 valence electrons. The molecule has 0 bridgehead atoms. The molecule has 10 heteroatoms. The Labute approximate surface area is 252 Å². The predicted octanol–water partition coefficient (Wildman–Crippen LogP) is 4.80. The summed E-state index contributed by atoms with van der Waals surface area (Å²) in [6.07, 6.45) is 0.496. The number of benzene rings is 3. The monoisotopic (exact) mass is 638 g/mol. The average Bonchev–Trinajstić information content (AvgIpc) is 2.97. The van der Waals surface area contributed by atoms with E-state index in [1.165, 1.54) is 4.90 Å². The van der Waals surface area contributed by atoms with Crippen LogP contribution in [0.3, 0.4) is 0 Å². The lowest BCUT2D eigenvalue weighted by molar-refractivity contribution is -0.142. The van der Waals surface area contributed by atoms with E-state index in [1.54, 1.807) is 36.4 Å². The average molecular weight is 640 g/mol. The molecule has 0 aromatic heterocycles. The molecule has 0 fully saturated rings. The Morgan fingerprint density at radius 3 is 2.39 bits per heavy atom. The highest BCUT2D eigenvalue weighted by Crippen LogP contribution is 2.30. The van der Waals surface area contributed by atoms with Crippen LogP contribution in [0.4, 0.5) is 5.69 Å². The van der Waals surface area contributed by atoms with Crippen molar-refractivity contribution in [1.82, 2.24) is 10.2 Å². The van der Waals surface area contributed by atoms with Crippen LogP contribution in [0.5, 0.6) is 0 Å². The summed E-state index contributed by atoms with van der Waals surface area (Å²) < 4.78 is 0.634. The second kappa shape index (κ2) is 13.9. The van der Waals surface area contributed by atoms with Gasteiger partial charge in [-0.3, -0.25) is 19.2 Å². The Morgan fingerprint density at radius 1 is 1.02 bits per heavy atom. The Kier molecular flexibility index (Phi) is 10.3. The van der Waals surface area contributed by atoms with Crippen molar-refractivity contribution >= 4 is 56.7 Å². The first-order valence-corrected chi connectivity index (χ1v) is 14.6. The third kappa shape index (κ3) is 7.61. The standard InChI is InChI=1S/C31H32BrClN4O4/c1-19-15-23(17-24(32)29(19)33)35-30(40)25(13-14-34)36-31(41)26-16-21-9-5-6-10-22(21)18-37(26)28(39)12-11-27(38)20-7-3-2-4-8-20/h2-10,15,17,25-26H,11-14,16,18,34H2,1H3,(H,35,40)(H,36,41)/t25-,26-/m0/s1. The number of nitrogens with two attached hydrogens (primary N) is 1. The molecule has 41 heavy (non-hydrogen) atoms. The minimum Gasteiger partial charge on any atom is -0.342 e. The lowest BCUT2D eigenvalue weighted by atomic mass is 9.92. The Morgan fingerprint density at radius 2 is 1.71 bits per heavy atom. The fourth-order valence-electron chi connectivity index (χ4n) is 4.88. The van der Waals surface area contributed by atoms with E-state index in [1.807, 2.05) is 37.3 Å². The first-order chi connectivity index (χ1) is 19.7. The molecule has 4 rings (SSSR count). The van der Waals surface area contributed by atoms with Crippen molar-refractivity contribution in [1.29, 1.82) is 0 Å². The first kappa shape index (κ1) is 30.4. The second-order valence-corrected chi connectivity index (χ2v) is 11.2. The van der Waals surface area contributed by atoms with Gasteiger partial charge >= 0.3 is 0 Å².